The average molecular weight is 254 g/mol. The van der Waals surface area contributed by atoms with Gasteiger partial charge in [0.1, 0.15) is 6.10 Å². The van der Waals surface area contributed by atoms with Crippen LogP contribution in [-0.2, 0) is 0 Å². The molecule has 0 saturated heterocycles. The van der Waals surface area contributed by atoms with Crippen LogP contribution in [0.1, 0.15) is 17.4 Å². The Morgan fingerprint density at radius 2 is 1.88 bits per heavy atom. The molecule has 0 unspecified atom stereocenters. The van der Waals surface area contributed by atoms with Crippen molar-refractivity contribution in [3.8, 4) is 0 Å². The van der Waals surface area contributed by atoms with Gasteiger partial charge in [-0.3, -0.25) is 4.98 Å². The second-order valence-corrected chi connectivity index (χ2v) is 4.15. The van der Waals surface area contributed by atoms with Gasteiger partial charge in [0.25, 0.3) is 0 Å². The first-order chi connectivity index (χ1) is 7.68. The average Bonchev–Trinajstić information content (AvgIpc) is 2.33. The zero-order valence-electron chi connectivity index (χ0n) is 8.27. The minimum absolute atomic E-state index is 0.425. The lowest BCUT2D eigenvalue weighted by Gasteiger charge is -2.10. The highest BCUT2D eigenvalue weighted by Gasteiger charge is 2.12. The van der Waals surface area contributed by atoms with Crippen LogP contribution in [0.5, 0.6) is 0 Å². The maximum Gasteiger partial charge on any atom is 0.121 e. The Labute approximate surface area is 103 Å². The van der Waals surface area contributed by atoms with Gasteiger partial charge >= 0.3 is 0 Å². The van der Waals surface area contributed by atoms with E-state index in [0.717, 1.165) is 0 Å². The fourth-order valence-corrected chi connectivity index (χ4v) is 1.70. The van der Waals surface area contributed by atoms with Crippen molar-refractivity contribution in [1.29, 1.82) is 0 Å². The third-order valence-corrected chi connectivity index (χ3v) is 2.97. The lowest BCUT2D eigenvalue weighted by atomic mass is 10.1. The van der Waals surface area contributed by atoms with Gasteiger partial charge < -0.3 is 5.11 Å². The van der Waals surface area contributed by atoms with Gasteiger partial charge in [0.15, 0.2) is 0 Å². The minimum atomic E-state index is -0.782. The Hall–Kier alpha value is -1.09. The quantitative estimate of drug-likeness (QED) is 0.890. The largest absolute Gasteiger partial charge is 0.382 e. The molecule has 2 nitrogen and oxygen atoms in total. The minimum Gasteiger partial charge on any atom is -0.382 e. The van der Waals surface area contributed by atoms with Crippen molar-refractivity contribution in [2.75, 3.05) is 0 Å². The molecule has 82 valence electrons. The molecule has 1 heterocycles. The third kappa shape index (κ3) is 2.35. The maximum absolute atomic E-state index is 10.0. The Morgan fingerprint density at radius 3 is 2.50 bits per heavy atom. The fourth-order valence-electron chi connectivity index (χ4n) is 1.39. The molecule has 1 N–H and O–H groups in total. The summed E-state index contributed by atoms with van der Waals surface area (Å²) in [5, 5.41) is 10.9. The molecule has 0 fully saturated rings. The van der Waals surface area contributed by atoms with Gasteiger partial charge in [0.05, 0.1) is 15.7 Å². The Bertz CT molecular complexity index is 488. The summed E-state index contributed by atoms with van der Waals surface area (Å²) in [5.41, 5.74) is 1.26. The lowest BCUT2D eigenvalue weighted by Crippen LogP contribution is -2.01. The van der Waals surface area contributed by atoms with Gasteiger partial charge in [-0.15, -0.1) is 0 Å². The molecule has 1 atom stereocenters. The van der Waals surface area contributed by atoms with Gasteiger partial charge in [-0.25, -0.2) is 0 Å². The second-order valence-electron chi connectivity index (χ2n) is 3.33. The van der Waals surface area contributed by atoms with Crippen molar-refractivity contribution in [3.05, 3.63) is 63.9 Å². The molecule has 0 radical (unpaired) electrons. The fraction of sp³-hybridized carbons (Fsp3) is 0.0833. The summed E-state index contributed by atoms with van der Waals surface area (Å²) < 4.78 is 0. The molecule has 0 saturated carbocycles. The Morgan fingerprint density at radius 1 is 1.06 bits per heavy atom. The van der Waals surface area contributed by atoms with Crippen LogP contribution in [0.25, 0.3) is 0 Å². The van der Waals surface area contributed by atoms with Gasteiger partial charge in [-0.2, -0.15) is 0 Å². The second kappa shape index (κ2) is 4.83. The van der Waals surface area contributed by atoms with E-state index in [2.05, 4.69) is 4.98 Å². The molecule has 0 bridgehead atoms. The highest BCUT2D eigenvalue weighted by Crippen LogP contribution is 2.27. The SMILES string of the molecule is O[C@H](c1ccc(Cl)c(Cl)c1)c1ccccn1. The Kier molecular flexibility index (Phi) is 3.44. The number of nitrogens with zero attached hydrogens (tertiary/aromatic N) is 1. The molecule has 0 aliphatic carbocycles. The van der Waals surface area contributed by atoms with Crippen molar-refractivity contribution < 1.29 is 5.11 Å². The summed E-state index contributed by atoms with van der Waals surface area (Å²) in [6.45, 7) is 0. The van der Waals surface area contributed by atoms with E-state index in [9.17, 15) is 5.11 Å². The molecular weight excluding hydrogens is 245 g/mol. The third-order valence-electron chi connectivity index (χ3n) is 2.23. The van der Waals surface area contributed by atoms with E-state index < -0.39 is 6.10 Å². The van der Waals surface area contributed by atoms with Crippen molar-refractivity contribution in [1.82, 2.24) is 4.98 Å². The summed E-state index contributed by atoms with van der Waals surface area (Å²) in [7, 11) is 0. The smallest absolute Gasteiger partial charge is 0.121 e. The van der Waals surface area contributed by atoms with E-state index in [4.69, 9.17) is 23.2 Å². The lowest BCUT2D eigenvalue weighted by molar-refractivity contribution is 0.215. The summed E-state index contributed by atoms with van der Waals surface area (Å²) in [5.74, 6) is 0. The number of aliphatic hydroxyl groups is 1. The summed E-state index contributed by atoms with van der Waals surface area (Å²) in [4.78, 5) is 4.08. The van der Waals surface area contributed by atoms with Crippen LogP contribution in [0.2, 0.25) is 10.0 Å². The molecule has 16 heavy (non-hydrogen) atoms. The van der Waals surface area contributed by atoms with E-state index in [0.29, 0.717) is 21.3 Å². The number of hydrogen-bond acceptors (Lipinski definition) is 2. The van der Waals surface area contributed by atoms with Gasteiger partial charge in [0.2, 0.25) is 0 Å². The van der Waals surface area contributed by atoms with Crippen LogP contribution < -0.4 is 0 Å². The van der Waals surface area contributed by atoms with Crippen molar-refractivity contribution in [2.45, 2.75) is 6.10 Å². The number of benzene rings is 1. The molecular formula is C12H9Cl2NO. The summed E-state index contributed by atoms with van der Waals surface area (Å²) >= 11 is 11.7. The van der Waals surface area contributed by atoms with Crippen LogP contribution in [0.4, 0.5) is 0 Å². The monoisotopic (exact) mass is 253 g/mol. The molecule has 0 amide bonds. The standard InChI is InChI=1S/C12H9Cl2NO/c13-9-5-4-8(7-10(9)14)12(16)11-3-1-2-6-15-11/h1-7,12,16H/t12-/m1/s1. The van der Waals surface area contributed by atoms with Gasteiger partial charge in [0, 0.05) is 6.20 Å². The first-order valence-electron chi connectivity index (χ1n) is 4.72. The van der Waals surface area contributed by atoms with E-state index in [-0.39, 0.29) is 0 Å². The first kappa shape index (κ1) is 11.4. The van der Waals surface area contributed by atoms with Crippen LogP contribution in [0.3, 0.4) is 0 Å². The number of rotatable bonds is 2. The highest BCUT2D eigenvalue weighted by atomic mass is 35.5. The normalized spacial score (nSPS) is 12.4. The molecule has 0 aliphatic heterocycles. The van der Waals surface area contributed by atoms with E-state index in [1.165, 1.54) is 0 Å². The highest BCUT2D eigenvalue weighted by molar-refractivity contribution is 6.42. The van der Waals surface area contributed by atoms with Crippen LogP contribution in [-0.4, -0.2) is 10.1 Å². The summed E-state index contributed by atoms with van der Waals surface area (Å²) in [6.07, 6.45) is 0.853. The number of aliphatic hydroxyl groups excluding tert-OH is 1. The zero-order chi connectivity index (χ0) is 11.5. The molecule has 0 spiro atoms. The first-order valence-corrected chi connectivity index (χ1v) is 5.48. The number of hydrogen-bond donors (Lipinski definition) is 1. The molecule has 2 aromatic rings. The van der Waals surface area contributed by atoms with Crippen LogP contribution in [0, 0.1) is 0 Å². The van der Waals surface area contributed by atoms with E-state index in [1.807, 2.05) is 6.07 Å². The summed E-state index contributed by atoms with van der Waals surface area (Å²) in [6, 6.07) is 10.4. The predicted octanol–water partition coefficient (Wildman–Crippen LogP) is 3.47. The van der Waals surface area contributed by atoms with Crippen molar-refractivity contribution in [3.63, 3.8) is 0 Å². The van der Waals surface area contributed by atoms with E-state index in [1.54, 1.807) is 36.5 Å². The molecule has 0 aliphatic rings. The van der Waals surface area contributed by atoms with Gasteiger partial charge in [-0.05, 0) is 29.8 Å². The predicted molar refractivity (Wildman–Crippen MR) is 64.8 cm³/mol. The van der Waals surface area contributed by atoms with Crippen molar-refractivity contribution >= 4 is 23.2 Å². The van der Waals surface area contributed by atoms with Crippen LogP contribution in [0.15, 0.2) is 42.6 Å². The number of aromatic nitrogens is 1. The van der Waals surface area contributed by atoms with E-state index >= 15 is 0 Å². The Balaban J connectivity index is 2.34. The molecule has 4 heteroatoms. The maximum atomic E-state index is 10.0. The number of pyridine rings is 1. The van der Waals surface area contributed by atoms with Crippen molar-refractivity contribution in [2.24, 2.45) is 0 Å². The molecule has 2 rings (SSSR count). The van der Waals surface area contributed by atoms with Crippen LogP contribution >= 0.6 is 23.2 Å². The molecule has 1 aromatic heterocycles. The number of halogens is 2. The zero-order valence-corrected chi connectivity index (χ0v) is 9.78. The molecule has 1 aromatic carbocycles. The van der Waals surface area contributed by atoms with Gasteiger partial charge in [-0.1, -0.05) is 35.3 Å². The topological polar surface area (TPSA) is 33.1 Å².